The lowest BCUT2D eigenvalue weighted by molar-refractivity contribution is 0.482. The Labute approximate surface area is 111 Å². The second-order valence-electron chi connectivity index (χ2n) is 3.89. The summed E-state index contributed by atoms with van der Waals surface area (Å²) in [5.41, 5.74) is 5.10. The molecule has 0 heterocycles. The molecule has 0 radical (unpaired) electrons. The maximum atomic E-state index is 11.3. The van der Waals surface area contributed by atoms with Crippen LogP contribution in [-0.2, 0) is 20.2 Å². The van der Waals surface area contributed by atoms with Gasteiger partial charge in [-0.1, -0.05) is 12.1 Å². The molecule has 1 aromatic carbocycles. The molecule has 0 aliphatic heterocycles. The fourth-order valence-corrected chi connectivity index (χ4v) is 3.35. The minimum absolute atomic E-state index is 0.0255. The lowest BCUT2D eigenvalue weighted by atomic mass is 10.1. The van der Waals surface area contributed by atoms with Crippen molar-refractivity contribution in [2.75, 3.05) is 0 Å². The monoisotopic (exact) mass is 307 g/mol. The largest absolute Gasteiger partial charge is 0.401 e. The van der Waals surface area contributed by atoms with Gasteiger partial charge in [0.25, 0.3) is 20.2 Å². The van der Waals surface area contributed by atoms with E-state index >= 15 is 0 Å². The van der Waals surface area contributed by atoms with Crippen LogP contribution in [0.1, 0.15) is 18.1 Å². The minimum atomic E-state index is -4.62. The Morgan fingerprint density at radius 3 is 2.05 bits per heavy atom. The van der Waals surface area contributed by atoms with Gasteiger partial charge in [-0.3, -0.25) is 9.11 Å². The van der Waals surface area contributed by atoms with E-state index in [0.29, 0.717) is 0 Å². The third-order valence-corrected chi connectivity index (χ3v) is 4.48. The standard InChI is InChI=1S/C10H13NO6S2/c1-6-8(10(7(2)11)19(15,16)17)4-3-5-9(6)18(12,13)14/h3-5H,11H2,1-2H3,(H,12,13,14)(H,15,16,17)/b10-7-. The van der Waals surface area contributed by atoms with Gasteiger partial charge in [0.05, 0.1) is 4.90 Å². The fraction of sp³-hybridized carbons (Fsp3) is 0.200. The lowest BCUT2D eigenvalue weighted by Gasteiger charge is -2.12. The highest BCUT2D eigenvalue weighted by Crippen LogP contribution is 2.28. The van der Waals surface area contributed by atoms with Gasteiger partial charge in [0.2, 0.25) is 0 Å². The lowest BCUT2D eigenvalue weighted by Crippen LogP contribution is -2.11. The van der Waals surface area contributed by atoms with Gasteiger partial charge in [0.1, 0.15) is 4.91 Å². The van der Waals surface area contributed by atoms with Crippen molar-refractivity contribution in [3.63, 3.8) is 0 Å². The zero-order valence-electron chi connectivity index (χ0n) is 10.2. The number of hydrogen-bond donors (Lipinski definition) is 3. The maximum absolute atomic E-state index is 11.3. The van der Waals surface area contributed by atoms with E-state index in [0.717, 1.165) is 6.07 Å². The quantitative estimate of drug-likeness (QED) is 0.702. The molecule has 0 atom stereocenters. The molecule has 0 aliphatic rings. The first kappa shape index (κ1) is 15.6. The third kappa shape index (κ3) is 3.32. The van der Waals surface area contributed by atoms with Crippen LogP contribution in [0.25, 0.3) is 4.91 Å². The molecule has 4 N–H and O–H groups in total. The predicted octanol–water partition coefficient (Wildman–Crippen LogP) is 0.777. The SMILES string of the molecule is C/C(N)=C(\c1cccc(S(=O)(=O)O)c1C)S(=O)(=O)O. The van der Waals surface area contributed by atoms with Crippen molar-refractivity contribution in [1.82, 2.24) is 0 Å². The van der Waals surface area contributed by atoms with Crippen molar-refractivity contribution < 1.29 is 25.9 Å². The van der Waals surface area contributed by atoms with Gasteiger partial charge in [-0.25, -0.2) is 0 Å². The molecule has 9 heteroatoms. The summed E-state index contributed by atoms with van der Waals surface area (Å²) in [7, 11) is -9.12. The van der Waals surface area contributed by atoms with E-state index in [9.17, 15) is 16.8 Å². The second-order valence-corrected chi connectivity index (χ2v) is 6.64. The molecule has 1 rings (SSSR count). The Bertz CT molecular complexity index is 742. The zero-order valence-corrected chi connectivity index (χ0v) is 11.8. The summed E-state index contributed by atoms with van der Waals surface area (Å²) in [4.78, 5) is -1.04. The van der Waals surface area contributed by atoms with E-state index in [1.165, 1.54) is 26.0 Å². The fourth-order valence-electron chi connectivity index (χ4n) is 1.69. The van der Waals surface area contributed by atoms with Gasteiger partial charge in [0, 0.05) is 11.3 Å². The predicted molar refractivity (Wildman–Crippen MR) is 69.3 cm³/mol. The van der Waals surface area contributed by atoms with E-state index in [1.807, 2.05) is 0 Å². The van der Waals surface area contributed by atoms with Gasteiger partial charge < -0.3 is 5.73 Å². The molecule has 0 saturated carbocycles. The Hall–Kier alpha value is -1.42. The van der Waals surface area contributed by atoms with E-state index in [1.54, 1.807) is 0 Å². The van der Waals surface area contributed by atoms with Gasteiger partial charge >= 0.3 is 0 Å². The van der Waals surface area contributed by atoms with E-state index < -0.39 is 30.0 Å². The molecule has 0 aliphatic carbocycles. The molecule has 0 saturated heterocycles. The molecule has 1 aromatic rings. The Morgan fingerprint density at radius 2 is 1.68 bits per heavy atom. The van der Waals surface area contributed by atoms with E-state index in [-0.39, 0.29) is 16.8 Å². The van der Waals surface area contributed by atoms with Gasteiger partial charge in [-0.2, -0.15) is 16.8 Å². The number of hydrogen-bond acceptors (Lipinski definition) is 5. The second kappa shape index (κ2) is 4.93. The van der Waals surface area contributed by atoms with Crippen LogP contribution in [0.15, 0.2) is 28.8 Å². The highest BCUT2D eigenvalue weighted by Gasteiger charge is 2.24. The van der Waals surface area contributed by atoms with Crippen LogP contribution >= 0.6 is 0 Å². The number of benzene rings is 1. The molecule has 19 heavy (non-hydrogen) atoms. The molecule has 106 valence electrons. The van der Waals surface area contributed by atoms with Crippen molar-refractivity contribution in [1.29, 1.82) is 0 Å². The van der Waals surface area contributed by atoms with Crippen LogP contribution in [-0.4, -0.2) is 25.9 Å². The minimum Gasteiger partial charge on any atom is -0.401 e. The average molecular weight is 307 g/mol. The Morgan fingerprint density at radius 1 is 1.16 bits per heavy atom. The van der Waals surface area contributed by atoms with Crippen molar-refractivity contribution in [2.45, 2.75) is 18.7 Å². The average Bonchev–Trinajstić information content (AvgIpc) is 2.16. The molecule has 0 fully saturated rings. The summed E-state index contributed by atoms with van der Waals surface area (Å²) in [6, 6.07) is 3.63. The van der Waals surface area contributed by atoms with E-state index in [4.69, 9.17) is 14.8 Å². The molecule has 0 aromatic heterocycles. The van der Waals surface area contributed by atoms with Crippen molar-refractivity contribution in [2.24, 2.45) is 5.73 Å². The van der Waals surface area contributed by atoms with Crippen LogP contribution in [0.3, 0.4) is 0 Å². The number of allylic oxidation sites excluding steroid dienone is 1. The number of rotatable bonds is 3. The van der Waals surface area contributed by atoms with E-state index in [2.05, 4.69) is 0 Å². The summed E-state index contributed by atoms with van der Waals surface area (Å²) < 4.78 is 63.0. The van der Waals surface area contributed by atoms with Gasteiger partial charge in [-0.15, -0.1) is 0 Å². The van der Waals surface area contributed by atoms with Crippen LogP contribution in [0.4, 0.5) is 0 Å². The first-order chi connectivity index (χ1) is 8.46. The molecule has 0 unspecified atom stereocenters. The molecule has 0 spiro atoms. The highest BCUT2D eigenvalue weighted by atomic mass is 32.2. The molecule has 0 bridgehead atoms. The van der Waals surface area contributed by atoms with Crippen LogP contribution < -0.4 is 5.73 Å². The van der Waals surface area contributed by atoms with Crippen LogP contribution in [0, 0.1) is 6.92 Å². The first-order valence-electron chi connectivity index (χ1n) is 4.97. The summed E-state index contributed by atoms with van der Waals surface area (Å²) in [5.74, 6) is 0. The maximum Gasteiger partial charge on any atom is 0.296 e. The smallest absolute Gasteiger partial charge is 0.296 e. The van der Waals surface area contributed by atoms with Crippen molar-refractivity contribution in [3.8, 4) is 0 Å². The summed E-state index contributed by atoms with van der Waals surface area (Å²) in [6.07, 6.45) is 0. The van der Waals surface area contributed by atoms with Crippen LogP contribution in [0.5, 0.6) is 0 Å². The van der Waals surface area contributed by atoms with Gasteiger partial charge in [0.15, 0.2) is 0 Å². The van der Waals surface area contributed by atoms with Crippen LogP contribution in [0.2, 0.25) is 0 Å². The summed E-state index contributed by atoms with van der Waals surface area (Å²) >= 11 is 0. The third-order valence-electron chi connectivity index (χ3n) is 2.42. The Kier molecular flexibility index (Phi) is 4.06. The molecular weight excluding hydrogens is 294 g/mol. The summed E-state index contributed by atoms with van der Waals surface area (Å²) in [5, 5.41) is 0. The first-order valence-corrected chi connectivity index (χ1v) is 7.85. The normalized spacial score (nSPS) is 14.1. The van der Waals surface area contributed by atoms with Gasteiger partial charge in [-0.05, 0) is 25.5 Å². The number of nitrogens with two attached hydrogens (primary N) is 1. The Balaban J connectivity index is 3.77. The molecule has 7 nitrogen and oxygen atoms in total. The summed E-state index contributed by atoms with van der Waals surface area (Å²) in [6.45, 7) is 2.55. The molecule has 0 amide bonds. The highest BCUT2D eigenvalue weighted by molar-refractivity contribution is 7.95. The van der Waals surface area contributed by atoms with Crippen molar-refractivity contribution in [3.05, 3.63) is 35.0 Å². The topological polar surface area (TPSA) is 135 Å². The zero-order chi connectivity index (χ0) is 15.0. The molecular formula is C10H13NO6S2. The van der Waals surface area contributed by atoms with Crippen molar-refractivity contribution >= 4 is 25.1 Å².